The molecule has 0 N–H and O–H groups in total. The number of pyridine rings is 1. The van der Waals surface area contributed by atoms with Crippen LogP contribution in [0.5, 0.6) is 0 Å². The van der Waals surface area contributed by atoms with Crippen LogP contribution in [0.15, 0.2) is 24.4 Å². The third-order valence-corrected chi connectivity index (χ3v) is 3.95. The summed E-state index contributed by atoms with van der Waals surface area (Å²) >= 11 is 0. The van der Waals surface area contributed by atoms with E-state index in [0.29, 0.717) is 6.04 Å². The van der Waals surface area contributed by atoms with Crippen LogP contribution in [0, 0.1) is 12.8 Å². The van der Waals surface area contributed by atoms with Crippen LogP contribution < -0.4 is 0 Å². The Balaban J connectivity index is 1.88. The topological polar surface area (TPSA) is 16.1 Å². The van der Waals surface area contributed by atoms with E-state index < -0.39 is 0 Å². The monoisotopic (exact) mass is 228 g/mol. The Morgan fingerprint density at radius 3 is 3.06 bits per heavy atom. The van der Waals surface area contributed by atoms with Crippen molar-refractivity contribution in [2.75, 3.05) is 13.1 Å². The molecule has 90 valence electrons. The maximum atomic E-state index is 4.29. The lowest BCUT2D eigenvalue weighted by molar-refractivity contribution is 0.287. The van der Waals surface area contributed by atoms with Crippen molar-refractivity contribution in [2.45, 2.75) is 32.7 Å². The molecule has 1 aliphatic heterocycles. The zero-order chi connectivity index (χ0) is 11.8. The number of aromatic nitrogens is 1. The SMILES string of the molecule is CCCN1CC2C=C(c3ccnc(C)c3)[C@H]1C2. The molecule has 0 aromatic carbocycles. The Labute approximate surface area is 103 Å². The van der Waals surface area contributed by atoms with Gasteiger partial charge in [-0.1, -0.05) is 13.0 Å². The molecule has 2 nitrogen and oxygen atoms in total. The largest absolute Gasteiger partial charge is 0.296 e. The van der Waals surface area contributed by atoms with Gasteiger partial charge in [-0.05, 0) is 55.5 Å². The molecule has 2 heteroatoms. The average Bonchev–Trinajstić information content (AvgIpc) is 2.89. The van der Waals surface area contributed by atoms with E-state index in [1.165, 1.54) is 31.5 Å². The Hall–Kier alpha value is -1.15. The average molecular weight is 228 g/mol. The molecule has 3 rings (SSSR count). The zero-order valence-corrected chi connectivity index (χ0v) is 10.7. The maximum absolute atomic E-state index is 4.29. The van der Waals surface area contributed by atoms with E-state index in [1.54, 1.807) is 5.57 Å². The fourth-order valence-electron chi connectivity index (χ4n) is 3.30. The minimum absolute atomic E-state index is 0.668. The van der Waals surface area contributed by atoms with E-state index in [2.05, 4.69) is 41.9 Å². The normalized spacial score (nSPS) is 27.5. The summed E-state index contributed by atoms with van der Waals surface area (Å²) in [5, 5.41) is 0. The third-order valence-electron chi connectivity index (χ3n) is 3.95. The lowest BCUT2D eigenvalue weighted by Crippen LogP contribution is -2.32. The molecule has 2 heterocycles. The molecule has 1 aromatic rings. The van der Waals surface area contributed by atoms with Crippen molar-refractivity contribution in [3.63, 3.8) is 0 Å². The number of aryl methyl sites for hydroxylation is 1. The van der Waals surface area contributed by atoms with Crippen LogP contribution in [0.1, 0.15) is 31.0 Å². The van der Waals surface area contributed by atoms with E-state index in [-0.39, 0.29) is 0 Å². The van der Waals surface area contributed by atoms with Gasteiger partial charge in [0.15, 0.2) is 0 Å². The summed E-state index contributed by atoms with van der Waals surface area (Å²) in [7, 11) is 0. The summed E-state index contributed by atoms with van der Waals surface area (Å²) in [6.07, 6.45) is 7.01. The molecule has 1 unspecified atom stereocenters. The lowest BCUT2D eigenvalue weighted by atomic mass is 10.0. The molecule has 0 saturated carbocycles. The minimum atomic E-state index is 0.668. The van der Waals surface area contributed by atoms with Crippen molar-refractivity contribution in [3.05, 3.63) is 35.7 Å². The number of hydrogen-bond acceptors (Lipinski definition) is 2. The standard InChI is InChI=1S/C15H20N2/c1-3-6-17-10-12-8-14(15(17)9-12)13-4-5-16-11(2)7-13/h4-5,7-8,12,15H,3,6,9-10H2,1-2H3/t12?,15-/m1/s1. The van der Waals surface area contributed by atoms with Gasteiger partial charge in [0.1, 0.15) is 0 Å². The fourth-order valence-corrected chi connectivity index (χ4v) is 3.30. The second kappa shape index (κ2) is 4.26. The Morgan fingerprint density at radius 1 is 1.47 bits per heavy atom. The first-order valence-electron chi connectivity index (χ1n) is 6.66. The first-order valence-corrected chi connectivity index (χ1v) is 6.66. The first kappa shape index (κ1) is 11.0. The number of rotatable bonds is 3. The van der Waals surface area contributed by atoms with Gasteiger partial charge in [-0.2, -0.15) is 0 Å². The molecular weight excluding hydrogens is 208 g/mol. The van der Waals surface area contributed by atoms with E-state index in [9.17, 15) is 0 Å². The number of likely N-dealkylation sites (tertiary alicyclic amines) is 1. The van der Waals surface area contributed by atoms with Crippen molar-refractivity contribution in [1.82, 2.24) is 9.88 Å². The van der Waals surface area contributed by atoms with Gasteiger partial charge in [0.2, 0.25) is 0 Å². The second-order valence-electron chi connectivity index (χ2n) is 5.31. The van der Waals surface area contributed by atoms with Gasteiger partial charge in [-0.15, -0.1) is 0 Å². The van der Waals surface area contributed by atoms with Gasteiger partial charge in [0, 0.05) is 24.5 Å². The van der Waals surface area contributed by atoms with Gasteiger partial charge in [-0.25, -0.2) is 0 Å². The molecule has 2 atom stereocenters. The predicted molar refractivity (Wildman–Crippen MR) is 70.7 cm³/mol. The molecule has 1 aromatic heterocycles. The highest BCUT2D eigenvalue weighted by molar-refractivity contribution is 5.73. The zero-order valence-electron chi connectivity index (χ0n) is 10.7. The van der Waals surface area contributed by atoms with Crippen LogP contribution >= 0.6 is 0 Å². The lowest BCUT2D eigenvalue weighted by Gasteiger charge is -2.28. The van der Waals surface area contributed by atoms with Gasteiger partial charge in [-0.3, -0.25) is 9.88 Å². The smallest absolute Gasteiger partial charge is 0.0378 e. The Kier molecular flexibility index (Phi) is 2.75. The van der Waals surface area contributed by atoms with E-state index in [4.69, 9.17) is 0 Å². The highest BCUT2D eigenvalue weighted by Crippen LogP contribution is 2.41. The molecular formula is C15H20N2. The summed E-state index contributed by atoms with van der Waals surface area (Å²) in [6.45, 7) is 6.85. The number of fused-ring (bicyclic) bond motifs is 2. The summed E-state index contributed by atoms with van der Waals surface area (Å²) < 4.78 is 0. The molecule has 0 radical (unpaired) electrons. The van der Waals surface area contributed by atoms with E-state index >= 15 is 0 Å². The number of hydrogen-bond donors (Lipinski definition) is 0. The summed E-state index contributed by atoms with van der Waals surface area (Å²) in [5.41, 5.74) is 4.04. The van der Waals surface area contributed by atoms with Crippen molar-refractivity contribution in [2.24, 2.45) is 5.92 Å². The Bertz CT molecular complexity index is 450. The molecule has 1 fully saturated rings. The van der Waals surface area contributed by atoms with Gasteiger partial charge >= 0.3 is 0 Å². The van der Waals surface area contributed by atoms with Crippen LogP contribution in [0.25, 0.3) is 5.57 Å². The van der Waals surface area contributed by atoms with Crippen molar-refractivity contribution in [3.8, 4) is 0 Å². The van der Waals surface area contributed by atoms with Gasteiger partial charge in [0.25, 0.3) is 0 Å². The molecule has 0 amide bonds. The summed E-state index contributed by atoms with van der Waals surface area (Å²) in [6, 6.07) is 5.04. The molecule has 0 spiro atoms. The van der Waals surface area contributed by atoms with Gasteiger partial charge in [0.05, 0.1) is 0 Å². The van der Waals surface area contributed by atoms with Crippen molar-refractivity contribution in [1.29, 1.82) is 0 Å². The summed E-state index contributed by atoms with van der Waals surface area (Å²) in [4.78, 5) is 6.94. The molecule has 2 bridgehead atoms. The van der Waals surface area contributed by atoms with E-state index in [1.807, 2.05) is 6.20 Å². The molecule has 2 aliphatic rings. The summed E-state index contributed by atoms with van der Waals surface area (Å²) in [5.74, 6) is 0.787. The molecule has 17 heavy (non-hydrogen) atoms. The highest BCUT2D eigenvalue weighted by atomic mass is 15.2. The van der Waals surface area contributed by atoms with Crippen LogP contribution in [0.2, 0.25) is 0 Å². The third kappa shape index (κ3) is 1.91. The van der Waals surface area contributed by atoms with Crippen LogP contribution in [0.3, 0.4) is 0 Å². The van der Waals surface area contributed by atoms with Crippen LogP contribution in [-0.2, 0) is 0 Å². The maximum Gasteiger partial charge on any atom is 0.0378 e. The predicted octanol–water partition coefficient (Wildman–Crippen LogP) is 2.89. The van der Waals surface area contributed by atoms with E-state index in [0.717, 1.165) is 11.6 Å². The molecule has 1 saturated heterocycles. The van der Waals surface area contributed by atoms with Crippen LogP contribution in [-0.4, -0.2) is 29.0 Å². The first-order chi connectivity index (χ1) is 8.28. The van der Waals surface area contributed by atoms with Crippen molar-refractivity contribution < 1.29 is 0 Å². The second-order valence-corrected chi connectivity index (χ2v) is 5.31. The molecule has 1 aliphatic carbocycles. The Morgan fingerprint density at radius 2 is 2.35 bits per heavy atom. The number of nitrogens with zero attached hydrogens (tertiary/aromatic N) is 2. The van der Waals surface area contributed by atoms with Crippen molar-refractivity contribution >= 4 is 5.57 Å². The minimum Gasteiger partial charge on any atom is -0.296 e. The highest BCUT2D eigenvalue weighted by Gasteiger charge is 2.38. The fraction of sp³-hybridized carbons (Fsp3) is 0.533. The van der Waals surface area contributed by atoms with Crippen LogP contribution in [0.4, 0.5) is 0 Å². The van der Waals surface area contributed by atoms with Gasteiger partial charge < -0.3 is 0 Å². The quantitative estimate of drug-likeness (QED) is 0.791.